The minimum absolute atomic E-state index is 0.472. The van der Waals surface area contributed by atoms with Crippen molar-refractivity contribution >= 4 is 22.8 Å². The average Bonchev–Trinajstić information content (AvgIpc) is 3.15. The Morgan fingerprint density at radius 1 is 1.14 bits per heavy atom. The first-order chi connectivity index (χ1) is 13.8. The van der Waals surface area contributed by atoms with Crippen LogP contribution < -0.4 is 15.0 Å². The van der Waals surface area contributed by atoms with Crippen LogP contribution in [0.2, 0.25) is 0 Å². The van der Waals surface area contributed by atoms with Crippen LogP contribution in [0.15, 0.2) is 24.3 Å². The Kier molecular flexibility index (Phi) is 4.50. The fourth-order valence-corrected chi connectivity index (χ4v) is 4.33. The first-order valence-corrected chi connectivity index (χ1v) is 10.2. The van der Waals surface area contributed by atoms with Crippen LogP contribution in [0.1, 0.15) is 43.4 Å². The van der Waals surface area contributed by atoms with Crippen LogP contribution in [-0.4, -0.2) is 39.9 Å². The zero-order valence-electron chi connectivity index (χ0n) is 16.2. The Labute approximate surface area is 164 Å². The molecule has 28 heavy (non-hydrogen) atoms. The van der Waals surface area contributed by atoms with Crippen molar-refractivity contribution in [2.75, 3.05) is 23.9 Å². The fourth-order valence-electron chi connectivity index (χ4n) is 4.33. The molecular weight excluding hydrogens is 352 g/mol. The van der Waals surface area contributed by atoms with E-state index in [-0.39, 0.29) is 0 Å². The van der Waals surface area contributed by atoms with Gasteiger partial charge in [-0.3, -0.25) is 5.10 Å². The van der Waals surface area contributed by atoms with Crippen LogP contribution >= 0.6 is 0 Å². The third-order valence-corrected chi connectivity index (χ3v) is 5.86. The molecule has 2 N–H and O–H groups in total. The number of methoxy groups -OCH3 is 1. The van der Waals surface area contributed by atoms with E-state index in [2.05, 4.69) is 32.5 Å². The second kappa shape index (κ2) is 7.30. The summed E-state index contributed by atoms with van der Waals surface area (Å²) in [5.74, 6) is 2.57. The van der Waals surface area contributed by atoms with Gasteiger partial charge in [-0.15, -0.1) is 0 Å². The molecule has 146 valence electrons. The lowest BCUT2D eigenvalue weighted by Gasteiger charge is -2.29. The van der Waals surface area contributed by atoms with Crippen LogP contribution in [-0.2, 0) is 13.0 Å². The highest BCUT2D eigenvalue weighted by Crippen LogP contribution is 2.33. The number of anilines is 2. The Bertz CT molecular complexity index is 961. The number of nitrogens with one attached hydrogen (secondary N) is 2. The SMILES string of the molecule is COc1ccc(CN2CCc3n[nH]c4nc(NC5CCCCC5)nc2c34)cc1. The van der Waals surface area contributed by atoms with Crippen LogP contribution in [0.4, 0.5) is 11.8 Å². The summed E-state index contributed by atoms with van der Waals surface area (Å²) in [4.78, 5) is 12.0. The molecule has 0 spiro atoms. The molecule has 7 nitrogen and oxygen atoms in total. The van der Waals surface area contributed by atoms with Crippen molar-refractivity contribution in [3.63, 3.8) is 0 Å². The van der Waals surface area contributed by atoms with Crippen molar-refractivity contribution in [3.8, 4) is 5.75 Å². The molecule has 3 aromatic rings. The number of rotatable bonds is 5. The number of hydrogen-bond acceptors (Lipinski definition) is 6. The van der Waals surface area contributed by atoms with Crippen LogP contribution in [0.5, 0.6) is 5.75 Å². The van der Waals surface area contributed by atoms with Gasteiger partial charge in [0.15, 0.2) is 5.65 Å². The normalized spacial score (nSPS) is 17.1. The minimum Gasteiger partial charge on any atom is -0.497 e. The van der Waals surface area contributed by atoms with Crippen LogP contribution in [0.25, 0.3) is 11.0 Å². The zero-order chi connectivity index (χ0) is 18.9. The Morgan fingerprint density at radius 2 is 1.96 bits per heavy atom. The molecule has 2 aromatic heterocycles. The van der Waals surface area contributed by atoms with Gasteiger partial charge in [-0.2, -0.15) is 15.1 Å². The summed E-state index contributed by atoms with van der Waals surface area (Å²) in [7, 11) is 1.69. The minimum atomic E-state index is 0.472. The van der Waals surface area contributed by atoms with E-state index in [0.717, 1.165) is 47.8 Å². The molecule has 1 aliphatic heterocycles. The molecule has 0 unspecified atom stereocenters. The van der Waals surface area contributed by atoms with Gasteiger partial charge in [0.1, 0.15) is 11.6 Å². The van der Waals surface area contributed by atoms with Crippen molar-refractivity contribution in [1.82, 2.24) is 20.2 Å². The average molecular weight is 378 g/mol. The molecule has 5 rings (SSSR count). The van der Waals surface area contributed by atoms with Gasteiger partial charge in [0.25, 0.3) is 0 Å². The fraction of sp³-hybridized carbons (Fsp3) is 0.476. The number of benzene rings is 1. The lowest BCUT2D eigenvalue weighted by Crippen LogP contribution is -2.30. The lowest BCUT2D eigenvalue weighted by atomic mass is 9.96. The standard InChI is InChI=1S/C21H26N6O/c1-28-16-9-7-14(8-10-16)13-27-12-11-17-18-19(26-25-17)23-21(24-20(18)27)22-15-5-3-2-4-6-15/h7-10,15H,2-6,11-13H2,1H3,(H2,22,23,24,25,26). The summed E-state index contributed by atoms with van der Waals surface area (Å²) in [5, 5.41) is 12.2. The van der Waals surface area contributed by atoms with E-state index >= 15 is 0 Å². The first kappa shape index (κ1) is 17.3. The molecule has 1 aromatic carbocycles. The largest absolute Gasteiger partial charge is 0.497 e. The quantitative estimate of drug-likeness (QED) is 0.705. The maximum atomic E-state index is 5.27. The van der Waals surface area contributed by atoms with E-state index in [1.165, 1.54) is 37.7 Å². The van der Waals surface area contributed by atoms with E-state index in [1.54, 1.807) is 7.11 Å². The molecule has 0 radical (unpaired) electrons. The Morgan fingerprint density at radius 3 is 2.75 bits per heavy atom. The number of hydrogen-bond donors (Lipinski definition) is 2. The van der Waals surface area contributed by atoms with Gasteiger partial charge in [-0.25, -0.2) is 0 Å². The second-order valence-corrected chi connectivity index (χ2v) is 7.76. The highest BCUT2D eigenvalue weighted by molar-refractivity contribution is 5.91. The number of aromatic amines is 1. The van der Waals surface area contributed by atoms with Crippen LogP contribution in [0.3, 0.4) is 0 Å². The van der Waals surface area contributed by atoms with Crippen molar-refractivity contribution in [2.45, 2.75) is 51.1 Å². The van der Waals surface area contributed by atoms with E-state index in [0.29, 0.717) is 12.0 Å². The van der Waals surface area contributed by atoms with Crippen LogP contribution in [0, 0.1) is 0 Å². The predicted molar refractivity (Wildman–Crippen MR) is 110 cm³/mol. The number of nitrogens with zero attached hydrogens (tertiary/aromatic N) is 4. The summed E-state index contributed by atoms with van der Waals surface area (Å²) < 4.78 is 5.27. The molecule has 1 aliphatic carbocycles. The summed E-state index contributed by atoms with van der Waals surface area (Å²) in [5.41, 5.74) is 3.14. The molecule has 0 atom stereocenters. The van der Waals surface area contributed by atoms with Gasteiger partial charge in [0.2, 0.25) is 5.95 Å². The third kappa shape index (κ3) is 3.25. The summed E-state index contributed by atoms with van der Waals surface area (Å²) in [6.07, 6.45) is 7.20. The Balaban J connectivity index is 1.45. The van der Waals surface area contributed by atoms with Gasteiger partial charge < -0.3 is 15.0 Å². The van der Waals surface area contributed by atoms with E-state index < -0.39 is 0 Å². The monoisotopic (exact) mass is 378 g/mol. The van der Waals surface area contributed by atoms with Gasteiger partial charge >= 0.3 is 0 Å². The molecule has 1 saturated carbocycles. The first-order valence-electron chi connectivity index (χ1n) is 10.2. The van der Waals surface area contributed by atoms with E-state index in [4.69, 9.17) is 14.7 Å². The van der Waals surface area contributed by atoms with E-state index in [9.17, 15) is 0 Å². The highest BCUT2D eigenvalue weighted by atomic mass is 16.5. The number of ether oxygens (including phenoxy) is 1. The number of aromatic nitrogens is 4. The molecule has 7 heteroatoms. The maximum absolute atomic E-state index is 5.27. The van der Waals surface area contributed by atoms with Crippen molar-refractivity contribution < 1.29 is 4.74 Å². The van der Waals surface area contributed by atoms with Crippen molar-refractivity contribution in [1.29, 1.82) is 0 Å². The zero-order valence-corrected chi connectivity index (χ0v) is 16.2. The summed E-state index contributed by atoms with van der Waals surface area (Å²) in [6.45, 7) is 1.71. The van der Waals surface area contributed by atoms with Crippen molar-refractivity contribution in [3.05, 3.63) is 35.5 Å². The predicted octanol–water partition coefficient (Wildman–Crippen LogP) is 3.67. The summed E-state index contributed by atoms with van der Waals surface area (Å²) in [6, 6.07) is 8.72. The molecule has 2 aliphatic rings. The molecule has 3 heterocycles. The molecular formula is C21H26N6O. The molecule has 0 bridgehead atoms. The second-order valence-electron chi connectivity index (χ2n) is 7.76. The van der Waals surface area contributed by atoms with Crippen molar-refractivity contribution in [2.24, 2.45) is 0 Å². The smallest absolute Gasteiger partial charge is 0.226 e. The topological polar surface area (TPSA) is 79.0 Å². The van der Waals surface area contributed by atoms with E-state index in [1.807, 2.05) is 12.1 Å². The lowest BCUT2D eigenvalue weighted by molar-refractivity contribution is 0.414. The number of H-pyrrole nitrogens is 1. The van der Waals surface area contributed by atoms with Gasteiger partial charge in [0.05, 0.1) is 18.2 Å². The highest BCUT2D eigenvalue weighted by Gasteiger charge is 2.25. The molecule has 0 saturated heterocycles. The van der Waals surface area contributed by atoms with Gasteiger partial charge in [-0.1, -0.05) is 31.4 Å². The third-order valence-electron chi connectivity index (χ3n) is 5.86. The summed E-state index contributed by atoms with van der Waals surface area (Å²) >= 11 is 0. The van der Waals surface area contributed by atoms with Gasteiger partial charge in [0, 0.05) is 25.6 Å². The van der Waals surface area contributed by atoms with Gasteiger partial charge in [-0.05, 0) is 30.5 Å². The maximum Gasteiger partial charge on any atom is 0.226 e. The molecule has 0 amide bonds. The Hall–Kier alpha value is -2.83. The molecule has 1 fully saturated rings.